The number of pyridine rings is 1. The zero-order valence-electron chi connectivity index (χ0n) is 20.6. The summed E-state index contributed by atoms with van der Waals surface area (Å²) < 4.78 is 6.94. The summed E-state index contributed by atoms with van der Waals surface area (Å²) >= 11 is 3.23. The predicted octanol–water partition coefficient (Wildman–Crippen LogP) is 4.84. The van der Waals surface area contributed by atoms with Gasteiger partial charge >= 0.3 is 0 Å². The Morgan fingerprint density at radius 3 is 2.81 bits per heavy atom. The van der Waals surface area contributed by atoms with Crippen LogP contribution in [0.4, 0.5) is 10.8 Å². The standard InChI is InChI=1S/C25H30N6O3S2/c1-5-20(32)29-16-6-7-17(26-10-16)13-31-14-18(8-9-22(31)33)30-24-28-12-23(36-24)35-15-21-27-11-19(34-21)25(2,3)4/h5-7,10-12,18H,1,8-9,13-15H2,2-4H3,(H,28,30)(H,29,32)/t18-/m1/s1. The number of hydrogen-bond acceptors (Lipinski definition) is 9. The smallest absolute Gasteiger partial charge is 0.247 e. The van der Waals surface area contributed by atoms with Gasteiger partial charge in [0.2, 0.25) is 17.7 Å². The molecule has 2 amide bonds. The molecule has 0 saturated carbocycles. The van der Waals surface area contributed by atoms with Gasteiger partial charge in [-0.1, -0.05) is 38.7 Å². The van der Waals surface area contributed by atoms with Crippen molar-refractivity contribution in [3.05, 3.63) is 60.7 Å². The van der Waals surface area contributed by atoms with Gasteiger partial charge in [-0.05, 0) is 24.6 Å². The summed E-state index contributed by atoms with van der Waals surface area (Å²) in [5.74, 6) is 2.05. The van der Waals surface area contributed by atoms with E-state index < -0.39 is 0 Å². The average Bonchev–Trinajstić information content (AvgIpc) is 3.50. The Hall–Kier alpha value is -3.18. The summed E-state index contributed by atoms with van der Waals surface area (Å²) in [6.45, 7) is 10.7. The van der Waals surface area contributed by atoms with Gasteiger partial charge in [0.1, 0.15) is 5.76 Å². The molecule has 0 spiro atoms. The third-order valence-corrected chi connectivity index (χ3v) is 7.68. The maximum Gasteiger partial charge on any atom is 0.247 e. The molecule has 0 aromatic carbocycles. The quantitative estimate of drug-likeness (QED) is 0.301. The number of rotatable bonds is 9. The van der Waals surface area contributed by atoms with Crippen molar-refractivity contribution in [1.82, 2.24) is 19.9 Å². The molecule has 0 bridgehead atoms. The molecule has 1 atom stereocenters. The van der Waals surface area contributed by atoms with E-state index in [-0.39, 0.29) is 23.3 Å². The van der Waals surface area contributed by atoms with Crippen molar-refractivity contribution in [1.29, 1.82) is 0 Å². The predicted molar refractivity (Wildman–Crippen MR) is 142 cm³/mol. The number of nitrogens with zero attached hydrogens (tertiary/aromatic N) is 4. The average molecular weight is 527 g/mol. The lowest BCUT2D eigenvalue weighted by Crippen LogP contribution is -2.45. The van der Waals surface area contributed by atoms with Crippen molar-refractivity contribution in [3.8, 4) is 0 Å². The lowest BCUT2D eigenvalue weighted by Gasteiger charge is -2.32. The third kappa shape index (κ3) is 6.94. The second-order valence-electron chi connectivity index (χ2n) is 9.53. The Balaban J connectivity index is 1.28. The zero-order valence-corrected chi connectivity index (χ0v) is 22.2. The number of thioether (sulfide) groups is 1. The van der Waals surface area contributed by atoms with Crippen molar-refractivity contribution >= 4 is 45.7 Å². The number of carbonyl (C=O) groups is 2. The van der Waals surface area contributed by atoms with Gasteiger partial charge in [-0.15, -0.1) is 11.8 Å². The van der Waals surface area contributed by atoms with Crippen LogP contribution in [0.2, 0.25) is 0 Å². The molecular formula is C25H30N6O3S2. The van der Waals surface area contributed by atoms with Crippen molar-refractivity contribution in [3.63, 3.8) is 0 Å². The molecule has 3 aromatic heterocycles. The van der Waals surface area contributed by atoms with Crippen LogP contribution in [0.1, 0.15) is 51.0 Å². The minimum Gasteiger partial charge on any atom is -0.444 e. The zero-order chi connectivity index (χ0) is 25.7. The summed E-state index contributed by atoms with van der Waals surface area (Å²) in [6, 6.07) is 3.69. The molecule has 1 fully saturated rings. The Morgan fingerprint density at radius 2 is 2.11 bits per heavy atom. The SMILES string of the molecule is C=CC(=O)Nc1ccc(CN2C[C@H](Nc3ncc(SCc4ncc(C(C)(C)C)o4)s3)CCC2=O)nc1. The molecule has 1 aliphatic heterocycles. The molecule has 0 unspecified atom stereocenters. The Labute approximate surface area is 218 Å². The van der Waals surface area contributed by atoms with Gasteiger partial charge in [0.15, 0.2) is 5.13 Å². The number of hydrogen-bond donors (Lipinski definition) is 2. The highest BCUT2D eigenvalue weighted by Gasteiger charge is 2.26. The van der Waals surface area contributed by atoms with Gasteiger partial charge in [0.25, 0.3) is 0 Å². The first-order valence-electron chi connectivity index (χ1n) is 11.7. The van der Waals surface area contributed by atoms with Crippen LogP contribution in [-0.2, 0) is 27.3 Å². The van der Waals surface area contributed by atoms with Gasteiger partial charge < -0.3 is 20.0 Å². The summed E-state index contributed by atoms with van der Waals surface area (Å²) in [4.78, 5) is 39.0. The largest absolute Gasteiger partial charge is 0.444 e. The van der Waals surface area contributed by atoms with E-state index in [9.17, 15) is 9.59 Å². The Kier molecular flexibility index (Phi) is 8.10. The fourth-order valence-corrected chi connectivity index (χ4v) is 5.39. The number of piperidine rings is 1. The minimum absolute atomic E-state index is 0.0602. The van der Waals surface area contributed by atoms with E-state index in [1.165, 1.54) is 6.08 Å². The van der Waals surface area contributed by atoms with Crippen LogP contribution in [0, 0.1) is 0 Å². The van der Waals surface area contributed by atoms with E-state index in [1.54, 1.807) is 41.6 Å². The molecule has 190 valence electrons. The van der Waals surface area contributed by atoms with Gasteiger partial charge in [-0.25, -0.2) is 9.97 Å². The molecule has 4 heterocycles. The fourth-order valence-electron chi connectivity index (χ4n) is 3.59. The number of likely N-dealkylation sites (tertiary alicyclic amines) is 1. The van der Waals surface area contributed by atoms with Gasteiger partial charge in [0.05, 0.1) is 46.5 Å². The van der Waals surface area contributed by atoms with Crippen molar-refractivity contribution in [2.75, 3.05) is 17.2 Å². The molecular weight excluding hydrogens is 496 g/mol. The molecule has 0 aliphatic carbocycles. The maximum absolute atomic E-state index is 12.5. The topological polar surface area (TPSA) is 113 Å². The molecule has 4 rings (SSSR count). The number of amides is 2. The second kappa shape index (κ2) is 11.3. The van der Waals surface area contributed by atoms with Crippen LogP contribution in [0.5, 0.6) is 0 Å². The van der Waals surface area contributed by atoms with Crippen molar-refractivity contribution < 1.29 is 14.0 Å². The first-order chi connectivity index (χ1) is 17.2. The minimum atomic E-state index is -0.291. The summed E-state index contributed by atoms with van der Waals surface area (Å²) in [5.41, 5.74) is 1.28. The van der Waals surface area contributed by atoms with E-state index in [1.807, 2.05) is 17.2 Å². The highest BCUT2D eigenvalue weighted by Crippen LogP contribution is 2.32. The second-order valence-corrected chi connectivity index (χ2v) is 11.8. The Bertz CT molecular complexity index is 1220. The monoisotopic (exact) mass is 526 g/mol. The van der Waals surface area contributed by atoms with Crippen LogP contribution in [-0.4, -0.2) is 44.3 Å². The first-order valence-corrected chi connectivity index (χ1v) is 13.5. The van der Waals surface area contributed by atoms with Crippen LogP contribution >= 0.6 is 23.1 Å². The fraction of sp³-hybridized carbons (Fsp3) is 0.400. The van der Waals surface area contributed by atoms with Crippen molar-refractivity contribution in [2.24, 2.45) is 0 Å². The van der Waals surface area contributed by atoms with E-state index in [2.05, 4.69) is 52.9 Å². The van der Waals surface area contributed by atoms with Gasteiger partial charge in [0, 0.05) is 24.4 Å². The normalized spacial score (nSPS) is 16.1. The van der Waals surface area contributed by atoms with E-state index in [4.69, 9.17) is 4.42 Å². The number of anilines is 2. The van der Waals surface area contributed by atoms with Crippen LogP contribution < -0.4 is 10.6 Å². The molecule has 36 heavy (non-hydrogen) atoms. The summed E-state index contributed by atoms with van der Waals surface area (Å²) in [7, 11) is 0. The van der Waals surface area contributed by atoms with E-state index in [0.717, 1.165) is 27.2 Å². The molecule has 0 radical (unpaired) electrons. The number of aromatic nitrogens is 3. The summed E-state index contributed by atoms with van der Waals surface area (Å²) in [6.07, 6.45) is 7.67. The van der Waals surface area contributed by atoms with Crippen LogP contribution in [0.25, 0.3) is 0 Å². The molecule has 1 saturated heterocycles. The molecule has 9 nitrogen and oxygen atoms in total. The number of nitrogens with one attached hydrogen (secondary N) is 2. The summed E-state index contributed by atoms with van der Waals surface area (Å²) in [5, 5.41) is 6.98. The van der Waals surface area contributed by atoms with Gasteiger partial charge in [-0.3, -0.25) is 14.6 Å². The number of thiazole rings is 1. The van der Waals surface area contributed by atoms with Crippen LogP contribution in [0.3, 0.4) is 0 Å². The van der Waals surface area contributed by atoms with Gasteiger partial charge in [-0.2, -0.15) is 0 Å². The van der Waals surface area contributed by atoms with Crippen LogP contribution in [0.15, 0.2) is 52.0 Å². The van der Waals surface area contributed by atoms with E-state index in [0.29, 0.717) is 36.8 Å². The highest BCUT2D eigenvalue weighted by molar-refractivity contribution is 8.00. The molecule has 11 heteroatoms. The van der Waals surface area contributed by atoms with Crippen molar-refractivity contribution in [2.45, 2.75) is 61.6 Å². The first kappa shape index (κ1) is 25.9. The Morgan fingerprint density at radius 1 is 1.28 bits per heavy atom. The lowest BCUT2D eigenvalue weighted by atomic mass is 9.94. The van der Waals surface area contributed by atoms with E-state index >= 15 is 0 Å². The molecule has 2 N–H and O–H groups in total. The lowest BCUT2D eigenvalue weighted by molar-refractivity contribution is -0.134. The highest BCUT2D eigenvalue weighted by atomic mass is 32.2. The molecule has 3 aromatic rings. The number of oxazole rings is 1. The maximum atomic E-state index is 12.5. The third-order valence-electron chi connectivity index (χ3n) is 5.57. The molecule has 1 aliphatic rings. The number of carbonyl (C=O) groups excluding carboxylic acids is 2.